The maximum atomic E-state index is 11.3. The summed E-state index contributed by atoms with van der Waals surface area (Å²) in [6, 6.07) is 0. The number of hydrogen-bond donors (Lipinski definition) is 1. The zero-order valence-corrected chi connectivity index (χ0v) is 13.4. The van der Waals surface area contributed by atoms with Crippen molar-refractivity contribution in [3.05, 3.63) is 0 Å². The molecule has 0 aliphatic carbocycles. The number of hydrogen-bond acceptors (Lipinski definition) is 7. The molecule has 0 aromatic carbocycles. The number of rotatable bonds is 7. The number of carboxylic acid groups (broad SMARTS) is 1. The first-order valence-electron chi connectivity index (χ1n) is 7.90. The number of unbranched alkanes of at least 4 members (excludes halogenated alkanes) is 1. The first-order valence-corrected chi connectivity index (χ1v) is 7.90. The van der Waals surface area contributed by atoms with Crippen molar-refractivity contribution in [2.45, 2.75) is 31.8 Å². The van der Waals surface area contributed by atoms with Gasteiger partial charge in [-0.3, -0.25) is 9.59 Å². The summed E-state index contributed by atoms with van der Waals surface area (Å²) in [5.74, 6) is -1.16. The van der Waals surface area contributed by atoms with E-state index in [0.29, 0.717) is 32.7 Å². The number of carbonyl (C=O) groups is 2. The Kier molecular flexibility index (Phi) is 11.4. The normalized spacial score (nSPS) is 21.0. The van der Waals surface area contributed by atoms with Gasteiger partial charge in [-0.15, -0.1) is 0 Å². The lowest BCUT2D eigenvalue weighted by atomic mass is 10.2. The Hall–Kier alpha value is -1.22. The topological polar surface area (TPSA) is 101 Å². The first-order chi connectivity index (χ1) is 11.2. The van der Waals surface area contributed by atoms with Crippen molar-refractivity contribution in [2.24, 2.45) is 0 Å². The fourth-order valence-corrected chi connectivity index (χ4v) is 1.88. The van der Waals surface area contributed by atoms with Crippen molar-refractivity contribution < 1.29 is 38.4 Å². The fraction of sp³-hybridized carbons (Fsp3) is 0.867. The molecule has 2 heterocycles. The third-order valence-electron chi connectivity index (χ3n) is 3.08. The molecule has 1 N–H and O–H groups in total. The van der Waals surface area contributed by atoms with Crippen molar-refractivity contribution in [2.75, 3.05) is 52.9 Å². The molecule has 8 heteroatoms. The van der Waals surface area contributed by atoms with Gasteiger partial charge in [0.25, 0.3) is 0 Å². The highest BCUT2D eigenvalue weighted by Gasteiger charge is 2.16. The van der Waals surface area contributed by atoms with Crippen LogP contribution in [0.15, 0.2) is 0 Å². The van der Waals surface area contributed by atoms with E-state index < -0.39 is 5.97 Å². The summed E-state index contributed by atoms with van der Waals surface area (Å²) in [7, 11) is 0. The third-order valence-corrected chi connectivity index (χ3v) is 3.08. The fourth-order valence-electron chi connectivity index (χ4n) is 1.88. The van der Waals surface area contributed by atoms with Gasteiger partial charge in [-0.2, -0.15) is 0 Å². The molecule has 2 rings (SSSR count). The third kappa shape index (κ3) is 11.9. The smallest absolute Gasteiger partial charge is 0.305 e. The van der Waals surface area contributed by atoms with E-state index in [9.17, 15) is 9.59 Å². The number of ether oxygens (including phenoxy) is 5. The molecule has 0 saturated carbocycles. The monoisotopic (exact) mass is 334 g/mol. The van der Waals surface area contributed by atoms with Crippen LogP contribution in [0.1, 0.15) is 25.7 Å². The minimum atomic E-state index is -0.842. The SMILES string of the molecule is C1COCCO1.O=C(O)CCCCC(=O)OCC1COCCO1. The average Bonchev–Trinajstić information content (AvgIpc) is 2.60. The van der Waals surface area contributed by atoms with Gasteiger partial charge in [0, 0.05) is 12.8 Å². The van der Waals surface area contributed by atoms with E-state index in [1.54, 1.807) is 0 Å². The summed E-state index contributed by atoms with van der Waals surface area (Å²) in [4.78, 5) is 21.5. The van der Waals surface area contributed by atoms with Crippen LogP contribution in [0.3, 0.4) is 0 Å². The van der Waals surface area contributed by atoms with Crippen LogP contribution in [0.25, 0.3) is 0 Å². The molecule has 1 unspecified atom stereocenters. The molecule has 0 aromatic heterocycles. The minimum Gasteiger partial charge on any atom is -0.481 e. The van der Waals surface area contributed by atoms with E-state index in [1.807, 2.05) is 0 Å². The highest BCUT2D eigenvalue weighted by Crippen LogP contribution is 2.04. The number of carboxylic acids is 1. The second kappa shape index (κ2) is 13.2. The summed E-state index contributed by atoms with van der Waals surface area (Å²) < 4.78 is 25.3. The molecule has 23 heavy (non-hydrogen) atoms. The second-order valence-corrected chi connectivity index (χ2v) is 5.08. The largest absolute Gasteiger partial charge is 0.481 e. The van der Waals surface area contributed by atoms with E-state index in [-0.39, 0.29) is 31.5 Å². The molecule has 2 fully saturated rings. The Bertz CT molecular complexity index is 312. The van der Waals surface area contributed by atoms with E-state index in [1.165, 1.54) is 0 Å². The van der Waals surface area contributed by atoms with E-state index >= 15 is 0 Å². The van der Waals surface area contributed by atoms with Crippen LogP contribution in [-0.2, 0) is 33.3 Å². The van der Waals surface area contributed by atoms with E-state index in [4.69, 9.17) is 28.8 Å². The zero-order valence-electron chi connectivity index (χ0n) is 13.4. The van der Waals surface area contributed by atoms with Crippen LogP contribution in [0.4, 0.5) is 0 Å². The van der Waals surface area contributed by atoms with Gasteiger partial charge in [-0.1, -0.05) is 0 Å². The van der Waals surface area contributed by atoms with Crippen molar-refractivity contribution >= 4 is 11.9 Å². The molecule has 2 aliphatic heterocycles. The van der Waals surface area contributed by atoms with Crippen molar-refractivity contribution in [3.8, 4) is 0 Å². The van der Waals surface area contributed by atoms with Gasteiger partial charge in [0.05, 0.1) is 46.2 Å². The number of esters is 1. The molecule has 2 aliphatic rings. The van der Waals surface area contributed by atoms with Gasteiger partial charge >= 0.3 is 11.9 Å². The Balaban J connectivity index is 0.000000366. The van der Waals surface area contributed by atoms with Gasteiger partial charge < -0.3 is 28.8 Å². The molecule has 2 saturated heterocycles. The highest BCUT2D eigenvalue weighted by atomic mass is 16.6. The van der Waals surface area contributed by atoms with E-state index in [2.05, 4.69) is 0 Å². The van der Waals surface area contributed by atoms with Crippen molar-refractivity contribution in [1.82, 2.24) is 0 Å². The van der Waals surface area contributed by atoms with Crippen LogP contribution < -0.4 is 0 Å². The summed E-state index contributed by atoms with van der Waals surface area (Å²) in [5, 5.41) is 8.41. The molecular weight excluding hydrogens is 308 g/mol. The molecule has 1 atom stereocenters. The predicted octanol–water partition coefficient (Wildman–Crippen LogP) is 0.623. The molecule has 0 spiro atoms. The van der Waals surface area contributed by atoms with E-state index in [0.717, 1.165) is 26.4 Å². The maximum Gasteiger partial charge on any atom is 0.305 e. The van der Waals surface area contributed by atoms with Crippen LogP contribution in [-0.4, -0.2) is 76.0 Å². The molecule has 0 aromatic rings. The maximum absolute atomic E-state index is 11.3. The summed E-state index contributed by atoms with van der Waals surface area (Å²) >= 11 is 0. The van der Waals surface area contributed by atoms with Crippen molar-refractivity contribution in [1.29, 1.82) is 0 Å². The predicted molar refractivity (Wildman–Crippen MR) is 79.3 cm³/mol. The molecule has 0 amide bonds. The van der Waals surface area contributed by atoms with Crippen LogP contribution in [0, 0.1) is 0 Å². The standard InChI is InChI=1S/C11H18O6.C4H8O2/c12-10(13)3-1-2-4-11(14)17-8-9-7-15-5-6-16-9;1-2-6-4-3-5-1/h9H,1-8H2,(H,12,13);1-4H2. The first kappa shape index (κ1) is 19.8. The quantitative estimate of drug-likeness (QED) is 0.534. The Morgan fingerprint density at radius 2 is 1.52 bits per heavy atom. The lowest BCUT2D eigenvalue weighted by Crippen LogP contribution is -2.33. The summed E-state index contributed by atoms with van der Waals surface area (Å²) in [5.41, 5.74) is 0. The molecule has 0 bridgehead atoms. The van der Waals surface area contributed by atoms with Crippen LogP contribution >= 0.6 is 0 Å². The van der Waals surface area contributed by atoms with Gasteiger partial charge in [-0.05, 0) is 12.8 Å². The van der Waals surface area contributed by atoms with Gasteiger partial charge in [-0.25, -0.2) is 0 Å². The molecule has 134 valence electrons. The molecule has 0 radical (unpaired) electrons. The number of aliphatic carboxylic acids is 1. The van der Waals surface area contributed by atoms with Gasteiger partial charge in [0.1, 0.15) is 12.7 Å². The summed E-state index contributed by atoms with van der Waals surface area (Å²) in [6.45, 7) is 4.88. The lowest BCUT2D eigenvalue weighted by molar-refractivity contribution is -0.156. The Morgan fingerprint density at radius 1 is 0.913 bits per heavy atom. The van der Waals surface area contributed by atoms with Gasteiger partial charge in [0.15, 0.2) is 0 Å². The Labute approximate surface area is 136 Å². The highest BCUT2D eigenvalue weighted by molar-refractivity contribution is 5.69. The summed E-state index contributed by atoms with van der Waals surface area (Å²) in [6.07, 6.45) is 1.20. The molecular formula is C15H26O8. The lowest BCUT2D eigenvalue weighted by Gasteiger charge is -2.22. The van der Waals surface area contributed by atoms with Gasteiger partial charge in [0.2, 0.25) is 0 Å². The van der Waals surface area contributed by atoms with Crippen LogP contribution in [0.5, 0.6) is 0 Å². The minimum absolute atomic E-state index is 0.0901. The molecule has 8 nitrogen and oxygen atoms in total. The van der Waals surface area contributed by atoms with Crippen LogP contribution in [0.2, 0.25) is 0 Å². The Morgan fingerprint density at radius 3 is 2.04 bits per heavy atom. The van der Waals surface area contributed by atoms with Crippen molar-refractivity contribution in [3.63, 3.8) is 0 Å². The second-order valence-electron chi connectivity index (χ2n) is 5.08. The zero-order chi connectivity index (χ0) is 16.8. The average molecular weight is 334 g/mol. The number of carbonyl (C=O) groups excluding carboxylic acids is 1.